The molecule has 4 aliphatic heterocycles. The molecule has 0 bridgehead atoms. The lowest BCUT2D eigenvalue weighted by Gasteiger charge is -2.41. The number of nitrogens with zero attached hydrogens (tertiary/aromatic N) is 12. The van der Waals surface area contributed by atoms with Crippen molar-refractivity contribution >= 4 is 80.5 Å². The zero-order chi connectivity index (χ0) is 83.4. The number of hydrogen-bond donors (Lipinski definition) is 0. The van der Waals surface area contributed by atoms with Gasteiger partial charge in [-0.2, -0.15) is 55.1 Å². The summed E-state index contributed by atoms with van der Waals surface area (Å²) in [6.45, 7) is 13.9. The van der Waals surface area contributed by atoms with Crippen LogP contribution >= 0.6 is 23.2 Å². The Morgan fingerprint density at radius 3 is 1.04 bits per heavy atom. The van der Waals surface area contributed by atoms with Crippen LogP contribution in [0.5, 0.6) is 34.5 Å². The van der Waals surface area contributed by atoms with Crippen molar-refractivity contribution in [3.05, 3.63) is 188 Å². The quantitative estimate of drug-likeness (QED) is 0.0651. The van der Waals surface area contributed by atoms with E-state index < -0.39 is 126 Å². The molecule has 0 radical (unpaired) electrons. The molecule has 2 amide bonds. The summed E-state index contributed by atoms with van der Waals surface area (Å²) in [6, 6.07) is 29.8. The lowest BCUT2D eigenvalue weighted by atomic mass is 9.98. The minimum atomic E-state index is -5.03. The van der Waals surface area contributed by atoms with Crippen molar-refractivity contribution in [2.24, 2.45) is 0 Å². The fraction of sp³-hybridized carbons (Fsp3) is 0.366. The second-order valence-electron chi connectivity index (χ2n) is 30.1. The van der Waals surface area contributed by atoms with Crippen molar-refractivity contribution in [1.82, 2.24) is 39.7 Å². The van der Waals surface area contributed by atoms with E-state index in [2.05, 4.69) is 29.9 Å². The van der Waals surface area contributed by atoms with Crippen LogP contribution in [0.1, 0.15) is 86.1 Å². The number of amides is 2. The van der Waals surface area contributed by atoms with E-state index in [0.29, 0.717) is 23.0 Å². The Balaban J connectivity index is 0.000000202. The van der Waals surface area contributed by atoms with Crippen LogP contribution in [0.4, 0.5) is 76.8 Å². The molecule has 2 atom stereocenters. The minimum absolute atomic E-state index is 0.0578. The zero-order valence-electron chi connectivity index (χ0n) is 65.0. The minimum Gasteiger partial charge on any atom is -0.497 e. The maximum atomic E-state index is 17.1. The molecule has 8 heterocycles. The summed E-state index contributed by atoms with van der Waals surface area (Å²) in [5.74, 6) is -0.727. The van der Waals surface area contributed by atoms with Crippen LogP contribution < -0.4 is 48.0 Å². The number of methoxy groups -OCH3 is 4. The van der Waals surface area contributed by atoms with Crippen molar-refractivity contribution < 1.29 is 91.4 Å². The second-order valence-corrected chi connectivity index (χ2v) is 30.8. The summed E-state index contributed by atoms with van der Waals surface area (Å²) in [7, 11) is 6.13. The number of pyridine rings is 2. The molecule has 116 heavy (non-hydrogen) atoms. The molecule has 2 saturated heterocycles. The van der Waals surface area contributed by atoms with E-state index in [4.69, 9.17) is 61.1 Å². The van der Waals surface area contributed by atoms with Gasteiger partial charge in [0.25, 0.3) is 0 Å². The number of benzene rings is 6. The largest absolute Gasteiger partial charge is 0.497 e. The third kappa shape index (κ3) is 17.5. The number of aryl methyl sites for hydroxylation is 2. The monoisotopic (exact) mass is 1650 g/mol. The van der Waals surface area contributed by atoms with E-state index in [-0.39, 0.29) is 135 Å². The number of ether oxygens (including phenoxy) is 8. The molecule has 14 rings (SSSR count). The summed E-state index contributed by atoms with van der Waals surface area (Å²) in [5, 5.41) is -1.31. The lowest BCUT2D eigenvalue weighted by molar-refractivity contribution is -0.138. The van der Waals surface area contributed by atoms with Crippen LogP contribution in [0.3, 0.4) is 0 Å². The van der Waals surface area contributed by atoms with E-state index in [9.17, 15) is 9.59 Å². The summed E-state index contributed by atoms with van der Waals surface area (Å²) in [5.41, 5.74) is -5.93. The number of halogens is 12. The fourth-order valence-electron chi connectivity index (χ4n) is 14.4. The molecule has 0 aliphatic carbocycles. The van der Waals surface area contributed by atoms with Gasteiger partial charge in [-0.3, -0.25) is 0 Å². The molecule has 2 fully saturated rings. The first-order chi connectivity index (χ1) is 54.9. The Bertz CT molecular complexity index is 4950. The number of carbonyl (C=O) groups is 2. The molecule has 4 aliphatic rings. The predicted octanol–water partition coefficient (Wildman–Crippen LogP) is 18.0. The number of alkyl halides is 6. The van der Waals surface area contributed by atoms with Gasteiger partial charge in [0.2, 0.25) is 0 Å². The molecule has 0 spiro atoms. The summed E-state index contributed by atoms with van der Waals surface area (Å²) < 4.78 is 200. The first kappa shape index (κ1) is 82.7. The van der Waals surface area contributed by atoms with Gasteiger partial charge in [0.1, 0.15) is 81.7 Å². The van der Waals surface area contributed by atoms with Gasteiger partial charge in [-0.1, -0.05) is 71.7 Å². The van der Waals surface area contributed by atoms with Gasteiger partial charge in [-0.15, -0.1) is 0 Å². The van der Waals surface area contributed by atoms with Crippen LogP contribution in [0.15, 0.2) is 109 Å². The Labute approximate surface area is 670 Å². The molecular weight excluding hydrogens is 1570 g/mol. The standard InChI is InChI=1S/2C41H40ClF5N6O5/c2*1-22-17-28(52(18-23-7-11-26(55-5)12-8-23)19-24-9-13-27(56-6)14-10-24)48-34(31(22)41(45,46)47)29-32(42)36-30-35(33(29)43)49-38(44)50-37(30)53-16-15-51(20-25(53)21-57-36)39(54)58-40(2,3)4/h2*7-14,17,25H,15-16,18-21H2,1-6H3/t2*25-/m11/s1. The fourth-order valence-corrected chi connectivity index (χ4v) is 15.1. The van der Waals surface area contributed by atoms with Gasteiger partial charge < -0.3 is 67.3 Å². The van der Waals surface area contributed by atoms with E-state index >= 15 is 43.9 Å². The highest BCUT2D eigenvalue weighted by Crippen LogP contribution is 2.54. The molecular formula is C82H80Cl2F10N12O10. The third-order valence-electron chi connectivity index (χ3n) is 19.7. The van der Waals surface area contributed by atoms with Crippen LogP contribution in [-0.4, -0.2) is 156 Å². The molecule has 10 aromatic rings. The van der Waals surface area contributed by atoms with Crippen molar-refractivity contribution in [3.63, 3.8) is 0 Å². The van der Waals surface area contributed by atoms with Gasteiger partial charge in [-0.25, -0.2) is 28.3 Å². The number of aromatic nitrogens is 6. The summed E-state index contributed by atoms with van der Waals surface area (Å²) in [4.78, 5) is 60.2. The van der Waals surface area contributed by atoms with Crippen molar-refractivity contribution in [2.75, 3.05) is 101 Å². The lowest BCUT2D eigenvalue weighted by Crippen LogP contribution is -2.57. The summed E-state index contributed by atoms with van der Waals surface area (Å²) >= 11 is 13.9. The first-order valence-electron chi connectivity index (χ1n) is 36.6. The number of fused-ring (bicyclic) bond motifs is 4. The first-order valence-corrected chi connectivity index (χ1v) is 37.4. The molecule has 22 nitrogen and oxygen atoms in total. The van der Waals surface area contributed by atoms with Crippen molar-refractivity contribution in [2.45, 2.75) is 117 Å². The molecule has 0 N–H and O–H groups in total. The average molecular weight is 1650 g/mol. The number of hydrogen-bond acceptors (Lipinski definition) is 20. The maximum absolute atomic E-state index is 17.1. The zero-order valence-corrected chi connectivity index (χ0v) is 66.5. The van der Waals surface area contributed by atoms with E-state index in [1.54, 1.807) is 110 Å². The van der Waals surface area contributed by atoms with E-state index in [1.807, 2.05) is 48.5 Å². The Morgan fingerprint density at radius 1 is 0.466 bits per heavy atom. The van der Waals surface area contributed by atoms with Gasteiger partial charge >= 0.3 is 36.7 Å². The topological polar surface area (TPSA) is 205 Å². The van der Waals surface area contributed by atoms with Gasteiger partial charge in [0.15, 0.2) is 23.1 Å². The molecule has 0 unspecified atom stereocenters. The van der Waals surface area contributed by atoms with Crippen LogP contribution in [0, 0.1) is 37.6 Å². The van der Waals surface area contributed by atoms with Crippen LogP contribution in [0.2, 0.25) is 10.0 Å². The third-order valence-corrected chi connectivity index (χ3v) is 20.5. The SMILES string of the molecule is COc1ccc(CN(Cc2ccc(OC)cc2)c2cc(C)c(C(F)(F)F)c(-c3c(Cl)c4c5c(nc(F)nc5c3F)N3CCN(C(=O)OC(C)(C)C)C[C@@H]3CO4)n2)cc1.COc1ccc(CN(Cc2ccc(OC)cc2)c2cc(C)c(C(F)(F)F)c(-c3c(Cl)c4c5c(nc(F)nc5c3F)N3CCN(C(=O)OC(C)(C)C)C[C@@H]3CO4)n2)cc1. The average Bonchev–Trinajstić information content (AvgIpc) is 1.11. The number of rotatable bonds is 16. The molecule has 612 valence electrons. The Morgan fingerprint density at radius 2 is 0.767 bits per heavy atom. The smallest absolute Gasteiger partial charge is 0.418 e. The molecule has 6 aromatic carbocycles. The van der Waals surface area contributed by atoms with Crippen molar-refractivity contribution in [3.8, 4) is 57.0 Å². The van der Waals surface area contributed by atoms with Crippen molar-refractivity contribution in [1.29, 1.82) is 0 Å². The highest BCUT2D eigenvalue weighted by atomic mass is 35.5. The predicted molar refractivity (Wildman–Crippen MR) is 415 cm³/mol. The normalized spacial score (nSPS) is 15.4. The number of carbonyl (C=O) groups excluding carboxylic acids is 2. The van der Waals surface area contributed by atoms with Gasteiger partial charge in [0.05, 0.1) is 95.0 Å². The second kappa shape index (κ2) is 32.8. The maximum Gasteiger partial charge on any atom is 0.418 e. The Kier molecular flexibility index (Phi) is 23.4. The van der Waals surface area contributed by atoms with Crippen LogP contribution in [-0.2, 0) is 48.0 Å². The van der Waals surface area contributed by atoms with Gasteiger partial charge in [-0.05, 0) is 149 Å². The van der Waals surface area contributed by atoms with E-state index in [0.717, 1.165) is 22.3 Å². The van der Waals surface area contributed by atoms with Gasteiger partial charge in [0, 0.05) is 65.4 Å². The molecule has 34 heteroatoms. The molecule has 4 aromatic heterocycles. The number of piperazine rings is 2. The summed E-state index contributed by atoms with van der Waals surface area (Å²) in [6.07, 6.45) is -13.9. The van der Waals surface area contributed by atoms with Crippen LogP contribution in [0.25, 0.3) is 44.3 Å². The number of anilines is 4. The Hall–Kier alpha value is -11.3. The highest BCUT2D eigenvalue weighted by Gasteiger charge is 2.46. The van der Waals surface area contributed by atoms with E-state index in [1.165, 1.54) is 64.2 Å². The highest BCUT2D eigenvalue weighted by molar-refractivity contribution is 6.37. The molecule has 0 saturated carbocycles.